The number of benzene rings is 1. The lowest BCUT2D eigenvalue weighted by Gasteiger charge is -2.28. The highest BCUT2D eigenvalue weighted by atomic mass is 32.2. The number of likely N-dealkylation sites (N-methyl/N-ethyl adjacent to an activating group) is 1. The number of aryl methyl sites for hydroxylation is 1. The van der Waals surface area contributed by atoms with Gasteiger partial charge in [-0.2, -0.15) is 0 Å². The molecule has 0 spiro atoms. The van der Waals surface area contributed by atoms with E-state index in [1.54, 1.807) is 6.33 Å². The number of aromatic nitrogens is 3. The molecule has 1 aliphatic heterocycles. The molecule has 0 bridgehead atoms. The average Bonchev–Trinajstić information content (AvgIpc) is 3.24. The summed E-state index contributed by atoms with van der Waals surface area (Å²) in [7, 11) is 5.83. The Morgan fingerprint density at radius 1 is 1.26 bits per heavy atom. The summed E-state index contributed by atoms with van der Waals surface area (Å²) in [6.07, 6.45) is 1.67. The minimum Gasteiger partial charge on any atom is -0.492 e. The van der Waals surface area contributed by atoms with Crippen LogP contribution < -0.4 is 4.74 Å². The molecule has 1 atom stereocenters. The third kappa shape index (κ3) is 5.30. The highest BCUT2D eigenvalue weighted by Gasteiger charge is 2.26. The number of rotatable bonds is 7. The third-order valence-electron chi connectivity index (χ3n) is 5.24. The lowest BCUT2D eigenvalue weighted by Crippen LogP contribution is -2.34. The maximum Gasteiger partial charge on any atom is 0.198 e. The van der Waals surface area contributed by atoms with Crippen LogP contribution in [0.25, 0.3) is 0 Å². The van der Waals surface area contributed by atoms with E-state index in [-0.39, 0.29) is 0 Å². The van der Waals surface area contributed by atoms with Gasteiger partial charge in [0.05, 0.1) is 12.1 Å². The molecule has 3 aromatic rings. The second kappa shape index (κ2) is 9.04. The smallest absolute Gasteiger partial charge is 0.198 e. The van der Waals surface area contributed by atoms with Crippen LogP contribution >= 0.6 is 11.8 Å². The van der Waals surface area contributed by atoms with Gasteiger partial charge in [-0.05, 0) is 62.6 Å². The predicted molar refractivity (Wildman–Crippen MR) is 118 cm³/mol. The first kappa shape index (κ1) is 21.9. The molecule has 2 aromatic heterocycles. The van der Waals surface area contributed by atoms with Gasteiger partial charge in [-0.15, -0.1) is 10.2 Å². The minimum atomic E-state index is -0.928. The number of hydrogen-bond acceptors (Lipinski definition) is 8. The first-order valence-corrected chi connectivity index (χ1v) is 11.1. The van der Waals surface area contributed by atoms with Crippen LogP contribution in [0.4, 0.5) is 0 Å². The zero-order valence-electron chi connectivity index (χ0n) is 18.4. The van der Waals surface area contributed by atoms with Crippen LogP contribution in [0, 0.1) is 0 Å². The van der Waals surface area contributed by atoms with Gasteiger partial charge < -0.3 is 23.7 Å². The Labute approximate surface area is 186 Å². The summed E-state index contributed by atoms with van der Waals surface area (Å²) in [5.41, 5.74) is 1.04. The molecule has 9 heteroatoms. The van der Waals surface area contributed by atoms with E-state index in [0.717, 1.165) is 46.0 Å². The molecule has 166 valence electrons. The summed E-state index contributed by atoms with van der Waals surface area (Å²) in [6, 6.07) is 9.97. The van der Waals surface area contributed by atoms with Crippen LogP contribution in [-0.2, 0) is 25.7 Å². The standard InChI is InChI=1S/C22H29N5O3S/c1-22(28,14-25(2)3)17-5-7-19-16(11-17)12-27(9-10-29-19)13-18-6-8-20(30-18)31-21-24-23-15-26(21)4/h5-8,11,15,28H,9-10,12-14H2,1-4H3/t22-/m1/s1. The van der Waals surface area contributed by atoms with Gasteiger partial charge in [0.2, 0.25) is 0 Å². The van der Waals surface area contributed by atoms with Crippen molar-refractivity contribution in [2.75, 3.05) is 33.8 Å². The van der Waals surface area contributed by atoms with Crippen molar-refractivity contribution in [3.8, 4) is 5.75 Å². The van der Waals surface area contributed by atoms with Crippen molar-refractivity contribution in [3.05, 3.63) is 53.5 Å². The van der Waals surface area contributed by atoms with Crippen molar-refractivity contribution in [3.63, 3.8) is 0 Å². The molecule has 0 saturated heterocycles. The van der Waals surface area contributed by atoms with Crippen LogP contribution in [-0.4, -0.2) is 63.5 Å². The normalized spacial score (nSPS) is 16.6. The minimum absolute atomic E-state index is 0.550. The molecule has 8 nitrogen and oxygen atoms in total. The van der Waals surface area contributed by atoms with Gasteiger partial charge in [0, 0.05) is 32.2 Å². The Morgan fingerprint density at radius 3 is 2.84 bits per heavy atom. The van der Waals surface area contributed by atoms with Gasteiger partial charge >= 0.3 is 0 Å². The summed E-state index contributed by atoms with van der Waals surface area (Å²) in [5.74, 6) is 1.77. The maximum absolute atomic E-state index is 10.9. The van der Waals surface area contributed by atoms with E-state index >= 15 is 0 Å². The largest absolute Gasteiger partial charge is 0.492 e. The highest BCUT2D eigenvalue weighted by molar-refractivity contribution is 7.99. The van der Waals surface area contributed by atoms with Crippen molar-refractivity contribution < 1.29 is 14.3 Å². The van der Waals surface area contributed by atoms with Gasteiger partial charge in [-0.3, -0.25) is 4.90 Å². The fraction of sp³-hybridized carbons (Fsp3) is 0.455. The van der Waals surface area contributed by atoms with E-state index < -0.39 is 5.60 Å². The van der Waals surface area contributed by atoms with Crippen molar-refractivity contribution in [1.29, 1.82) is 0 Å². The van der Waals surface area contributed by atoms with E-state index in [2.05, 4.69) is 21.2 Å². The summed E-state index contributed by atoms with van der Waals surface area (Å²) >= 11 is 1.45. The number of fused-ring (bicyclic) bond motifs is 1. The summed E-state index contributed by atoms with van der Waals surface area (Å²) in [4.78, 5) is 4.29. The van der Waals surface area contributed by atoms with Crippen molar-refractivity contribution in [2.45, 2.75) is 35.9 Å². The number of furan rings is 1. The number of nitrogens with zero attached hydrogens (tertiary/aromatic N) is 5. The summed E-state index contributed by atoms with van der Waals surface area (Å²) in [5, 5.41) is 20.5. The molecule has 0 radical (unpaired) electrons. The fourth-order valence-corrected chi connectivity index (χ4v) is 4.54. The SMILES string of the molecule is CN(C)C[C@@](C)(O)c1ccc2c(c1)CN(Cc1ccc(Sc3nncn3C)o1)CCO2. The molecule has 0 saturated carbocycles. The summed E-state index contributed by atoms with van der Waals surface area (Å²) < 4.78 is 13.8. The Hall–Kier alpha value is -2.33. The van der Waals surface area contributed by atoms with Crippen LogP contribution in [0.2, 0.25) is 0 Å². The van der Waals surface area contributed by atoms with Gasteiger partial charge in [0.15, 0.2) is 10.2 Å². The van der Waals surface area contributed by atoms with E-state index in [1.165, 1.54) is 11.8 Å². The molecule has 0 aliphatic carbocycles. The second-order valence-electron chi connectivity index (χ2n) is 8.44. The van der Waals surface area contributed by atoms with Crippen LogP contribution in [0.5, 0.6) is 5.75 Å². The molecular weight excluding hydrogens is 414 g/mol. The van der Waals surface area contributed by atoms with Gasteiger partial charge in [-0.25, -0.2) is 0 Å². The zero-order chi connectivity index (χ0) is 22.0. The fourth-order valence-electron chi connectivity index (χ4n) is 3.80. The van der Waals surface area contributed by atoms with E-state index in [9.17, 15) is 5.11 Å². The molecule has 1 N–H and O–H groups in total. The number of hydrogen-bond donors (Lipinski definition) is 1. The molecule has 31 heavy (non-hydrogen) atoms. The van der Waals surface area contributed by atoms with Crippen LogP contribution in [0.3, 0.4) is 0 Å². The highest BCUT2D eigenvalue weighted by Crippen LogP contribution is 2.31. The monoisotopic (exact) mass is 443 g/mol. The third-order valence-corrected chi connectivity index (χ3v) is 6.22. The first-order chi connectivity index (χ1) is 14.8. The second-order valence-corrected chi connectivity index (χ2v) is 9.41. The molecule has 0 unspecified atom stereocenters. The summed E-state index contributed by atoms with van der Waals surface area (Å²) in [6.45, 7) is 5.22. The number of ether oxygens (including phenoxy) is 1. The van der Waals surface area contributed by atoms with Crippen LogP contribution in [0.15, 0.2) is 51.3 Å². The van der Waals surface area contributed by atoms with Crippen molar-refractivity contribution >= 4 is 11.8 Å². The van der Waals surface area contributed by atoms with Crippen LogP contribution in [0.1, 0.15) is 23.8 Å². The molecule has 4 rings (SSSR count). The van der Waals surface area contributed by atoms with E-state index in [0.29, 0.717) is 19.7 Å². The lowest BCUT2D eigenvalue weighted by molar-refractivity contribution is 0.0299. The van der Waals surface area contributed by atoms with Crippen molar-refractivity contribution in [1.82, 2.24) is 24.6 Å². The lowest BCUT2D eigenvalue weighted by atomic mass is 9.93. The molecular formula is C22H29N5O3S. The Kier molecular flexibility index (Phi) is 6.38. The Bertz CT molecular complexity index is 1030. The zero-order valence-corrected chi connectivity index (χ0v) is 19.2. The van der Waals surface area contributed by atoms with E-state index in [4.69, 9.17) is 9.15 Å². The quantitative estimate of drug-likeness (QED) is 0.597. The van der Waals surface area contributed by atoms with Gasteiger partial charge in [0.25, 0.3) is 0 Å². The number of aliphatic hydroxyl groups is 1. The Morgan fingerprint density at radius 2 is 2.10 bits per heavy atom. The molecule has 3 heterocycles. The van der Waals surface area contributed by atoms with Gasteiger partial charge in [-0.1, -0.05) is 6.07 Å². The topological polar surface area (TPSA) is 79.8 Å². The maximum atomic E-state index is 10.9. The molecule has 0 amide bonds. The molecule has 0 fully saturated rings. The molecule has 1 aliphatic rings. The first-order valence-electron chi connectivity index (χ1n) is 10.3. The van der Waals surface area contributed by atoms with Crippen molar-refractivity contribution in [2.24, 2.45) is 7.05 Å². The van der Waals surface area contributed by atoms with E-state index in [1.807, 2.05) is 61.8 Å². The average molecular weight is 444 g/mol. The predicted octanol–water partition coefficient (Wildman–Crippen LogP) is 2.72. The Balaban J connectivity index is 1.46. The molecule has 1 aromatic carbocycles. The van der Waals surface area contributed by atoms with Gasteiger partial charge in [0.1, 0.15) is 24.4 Å².